The highest BCUT2D eigenvalue weighted by atomic mass is 127. The summed E-state index contributed by atoms with van der Waals surface area (Å²) < 4.78 is 11.0. The lowest BCUT2D eigenvalue weighted by Crippen LogP contribution is -2.39. The molecule has 0 aliphatic heterocycles. The Morgan fingerprint density at radius 3 is 2.72 bits per heavy atom. The number of pyridine rings is 1. The van der Waals surface area contributed by atoms with Crippen molar-refractivity contribution in [1.82, 2.24) is 20.6 Å². The first-order valence-corrected chi connectivity index (χ1v) is 8.15. The summed E-state index contributed by atoms with van der Waals surface area (Å²) in [6.45, 7) is 7.98. The lowest BCUT2D eigenvalue weighted by Gasteiger charge is -2.11. The van der Waals surface area contributed by atoms with Gasteiger partial charge in [0.05, 0.1) is 17.3 Å². The minimum absolute atomic E-state index is 0. The van der Waals surface area contributed by atoms with Crippen molar-refractivity contribution >= 4 is 41.5 Å². The van der Waals surface area contributed by atoms with E-state index in [0.717, 1.165) is 18.0 Å². The number of nitrogens with zero attached hydrogens (tertiary/aromatic N) is 3. The van der Waals surface area contributed by atoms with Gasteiger partial charge in [-0.2, -0.15) is 0 Å². The number of hydrogen-bond acceptors (Lipinski definition) is 5. The summed E-state index contributed by atoms with van der Waals surface area (Å²) in [7, 11) is 0. The van der Waals surface area contributed by atoms with E-state index in [1.807, 2.05) is 20.8 Å². The Hall–Kier alpha value is -1.55. The normalized spacial score (nSPS) is 11.0. The van der Waals surface area contributed by atoms with Crippen molar-refractivity contribution in [2.24, 2.45) is 4.99 Å². The lowest BCUT2D eigenvalue weighted by molar-refractivity contribution is 0.309. The number of aryl methyl sites for hydroxylation is 2. The first kappa shape index (κ1) is 21.5. The van der Waals surface area contributed by atoms with Crippen LogP contribution in [0.2, 0.25) is 5.02 Å². The topological polar surface area (TPSA) is 84.6 Å². The average molecular weight is 480 g/mol. The molecule has 0 saturated heterocycles. The fourth-order valence-corrected chi connectivity index (χ4v) is 1.98. The second-order valence-corrected chi connectivity index (χ2v) is 5.47. The van der Waals surface area contributed by atoms with Crippen LogP contribution in [-0.2, 0) is 6.54 Å². The highest BCUT2D eigenvalue weighted by Crippen LogP contribution is 2.11. The van der Waals surface area contributed by atoms with Crippen LogP contribution >= 0.6 is 35.6 Å². The maximum absolute atomic E-state index is 5.78. The molecule has 0 saturated carbocycles. The van der Waals surface area contributed by atoms with Crippen LogP contribution in [0, 0.1) is 13.8 Å². The molecule has 138 valence electrons. The van der Waals surface area contributed by atoms with Crippen molar-refractivity contribution in [1.29, 1.82) is 0 Å². The molecule has 0 atom stereocenters. The molecule has 2 aromatic heterocycles. The van der Waals surface area contributed by atoms with E-state index in [-0.39, 0.29) is 24.0 Å². The SMILES string of the molecule is CCNC(=NCc1nc(C)c(C)o1)NCCOc1ccc(Cl)cn1.I. The number of rotatable bonds is 7. The molecule has 0 spiro atoms. The molecule has 9 heteroatoms. The molecule has 25 heavy (non-hydrogen) atoms. The van der Waals surface area contributed by atoms with E-state index in [1.165, 1.54) is 0 Å². The third kappa shape index (κ3) is 7.47. The number of oxazole rings is 1. The second-order valence-electron chi connectivity index (χ2n) is 5.03. The first-order valence-electron chi connectivity index (χ1n) is 7.78. The molecule has 0 fully saturated rings. The summed E-state index contributed by atoms with van der Waals surface area (Å²) in [6.07, 6.45) is 1.55. The third-order valence-corrected chi connectivity index (χ3v) is 3.36. The molecular weight excluding hydrogens is 457 g/mol. The Morgan fingerprint density at radius 2 is 2.12 bits per heavy atom. The van der Waals surface area contributed by atoms with Gasteiger partial charge in [-0.05, 0) is 26.8 Å². The van der Waals surface area contributed by atoms with Crippen molar-refractivity contribution in [3.63, 3.8) is 0 Å². The Labute approximate surface area is 169 Å². The Kier molecular flexibility index (Phi) is 9.58. The molecule has 0 radical (unpaired) electrons. The molecule has 0 amide bonds. The van der Waals surface area contributed by atoms with E-state index < -0.39 is 0 Å². The van der Waals surface area contributed by atoms with Gasteiger partial charge < -0.3 is 19.8 Å². The number of halogens is 2. The van der Waals surface area contributed by atoms with Crippen molar-refractivity contribution < 1.29 is 9.15 Å². The monoisotopic (exact) mass is 479 g/mol. The highest BCUT2D eigenvalue weighted by molar-refractivity contribution is 14.0. The number of ether oxygens (including phenoxy) is 1. The lowest BCUT2D eigenvalue weighted by atomic mass is 10.4. The fraction of sp³-hybridized carbons (Fsp3) is 0.438. The molecule has 7 nitrogen and oxygen atoms in total. The number of aromatic nitrogens is 2. The summed E-state index contributed by atoms with van der Waals surface area (Å²) in [5.74, 6) is 2.64. The zero-order valence-corrected chi connectivity index (χ0v) is 17.6. The van der Waals surface area contributed by atoms with E-state index >= 15 is 0 Å². The van der Waals surface area contributed by atoms with Crippen molar-refractivity contribution in [2.75, 3.05) is 19.7 Å². The molecule has 0 aromatic carbocycles. The summed E-state index contributed by atoms with van der Waals surface area (Å²) in [5.41, 5.74) is 0.891. The van der Waals surface area contributed by atoms with Gasteiger partial charge in [0.15, 0.2) is 5.96 Å². The summed E-state index contributed by atoms with van der Waals surface area (Å²) in [6, 6.07) is 3.47. The minimum Gasteiger partial charge on any atom is -0.476 e. The molecule has 2 rings (SSSR count). The molecule has 2 heterocycles. The highest BCUT2D eigenvalue weighted by Gasteiger charge is 2.05. The molecule has 0 unspecified atom stereocenters. The van der Waals surface area contributed by atoms with E-state index in [1.54, 1.807) is 18.3 Å². The van der Waals surface area contributed by atoms with Crippen molar-refractivity contribution in [3.8, 4) is 5.88 Å². The Bertz CT molecular complexity index is 656. The van der Waals surface area contributed by atoms with Gasteiger partial charge >= 0.3 is 0 Å². The van der Waals surface area contributed by atoms with Gasteiger partial charge in [0.25, 0.3) is 0 Å². The van der Waals surface area contributed by atoms with Crippen LogP contribution in [0.15, 0.2) is 27.7 Å². The maximum atomic E-state index is 5.78. The predicted octanol–water partition coefficient (Wildman–Crippen LogP) is 3.09. The van der Waals surface area contributed by atoms with E-state index in [4.69, 9.17) is 20.8 Å². The van der Waals surface area contributed by atoms with Gasteiger partial charge in [-0.15, -0.1) is 24.0 Å². The Morgan fingerprint density at radius 1 is 1.32 bits per heavy atom. The molecule has 0 bridgehead atoms. The third-order valence-electron chi connectivity index (χ3n) is 3.13. The van der Waals surface area contributed by atoms with Crippen molar-refractivity contribution in [2.45, 2.75) is 27.3 Å². The summed E-state index contributed by atoms with van der Waals surface area (Å²) in [4.78, 5) is 12.8. The molecule has 0 aliphatic carbocycles. The fourth-order valence-electron chi connectivity index (χ4n) is 1.87. The zero-order chi connectivity index (χ0) is 17.4. The van der Waals surface area contributed by atoms with Gasteiger partial charge in [-0.1, -0.05) is 11.6 Å². The van der Waals surface area contributed by atoms with Gasteiger partial charge in [0.2, 0.25) is 11.8 Å². The van der Waals surface area contributed by atoms with Crippen LogP contribution in [0.4, 0.5) is 0 Å². The quantitative estimate of drug-likeness (QED) is 0.275. The first-order chi connectivity index (χ1) is 11.6. The van der Waals surface area contributed by atoms with Crippen LogP contribution in [0.5, 0.6) is 5.88 Å². The number of hydrogen-bond donors (Lipinski definition) is 2. The van der Waals surface area contributed by atoms with Crippen LogP contribution in [0.1, 0.15) is 24.3 Å². The number of aliphatic imine (C=N–C) groups is 1. The van der Waals surface area contributed by atoms with Crippen LogP contribution < -0.4 is 15.4 Å². The minimum atomic E-state index is 0. The number of guanidine groups is 1. The molecular formula is C16H23ClIN5O2. The van der Waals surface area contributed by atoms with Crippen LogP contribution in [0.25, 0.3) is 0 Å². The second kappa shape index (κ2) is 11.1. The van der Waals surface area contributed by atoms with Crippen LogP contribution in [-0.4, -0.2) is 35.6 Å². The standard InChI is InChI=1S/C16H22ClN5O2.HI/c1-4-18-16(21-10-15-22-11(2)12(3)24-15)19-7-8-23-14-6-5-13(17)9-20-14;/h5-6,9H,4,7-8,10H2,1-3H3,(H2,18,19,21);1H. The summed E-state index contributed by atoms with van der Waals surface area (Å²) in [5, 5.41) is 6.93. The van der Waals surface area contributed by atoms with Crippen LogP contribution in [0.3, 0.4) is 0 Å². The molecule has 2 N–H and O–H groups in total. The molecule has 0 aliphatic rings. The molecule has 2 aromatic rings. The van der Waals surface area contributed by atoms with E-state index in [0.29, 0.717) is 42.4 Å². The van der Waals surface area contributed by atoms with Gasteiger partial charge in [0, 0.05) is 18.8 Å². The van der Waals surface area contributed by atoms with Gasteiger partial charge in [-0.3, -0.25) is 0 Å². The average Bonchev–Trinajstić information content (AvgIpc) is 2.89. The smallest absolute Gasteiger partial charge is 0.216 e. The summed E-state index contributed by atoms with van der Waals surface area (Å²) >= 11 is 5.78. The van der Waals surface area contributed by atoms with Gasteiger partial charge in [-0.25, -0.2) is 15.0 Å². The maximum Gasteiger partial charge on any atom is 0.216 e. The van der Waals surface area contributed by atoms with E-state index in [2.05, 4.69) is 25.6 Å². The number of nitrogens with one attached hydrogen (secondary N) is 2. The predicted molar refractivity (Wildman–Crippen MR) is 109 cm³/mol. The Balaban J connectivity index is 0.00000312. The largest absolute Gasteiger partial charge is 0.476 e. The zero-order valence-electron chi connectivity index (χ0n) is 14.5. The van der Waals surface area contributed by atoms with Crippen molar-refractivity contribution in [3.05, 3.63) is 40.7 Å². The van der Waals surface area contributed by atoms with Gasteiger partial charge in [0.1, 0.15) is 18.9 Å². The van der Waals surface area contributed by atoms with E-state index in [9.17, 15) is 0 Å².